The first-order valence-corrected chi connectivity index (χ1v) is 5.11. The topological polar surface area (TPSA) is 0 Å². The average molecular weight is 296 g/mol. The summed E-state index contributed by atoms with van der Waals surface area (Å²) in [5, 5.41) is 0.355. The molecule has 0 saturated carbocycles. The van der Waals surface area contributed by atoms with Crippen LogP contribution in [0.3, 0.4) is 0 Å². The van der Waals surface area contributed by atoms with Crippen LogP contribution in [0.2, 0.25) is 0 Å². The second kappa shape index (κ2) is 2.92. The van der Waals surface area contributed by atoms with Crippen molar-refractivity contribution in [2.24, 2.45) is 0 Å². The van der Waals surface area contributed by atoms with Crippen molar-refractivity contribution in [3.8, 4) is 0 Å². The molecular weight excluding hydrogens is 293 g/mol. The van der Waals surface area contributed by atoms with E-state index < -0.39 is 0 Å². The van der Waals surface area contributed by atoms with Gasteiger partial charge < -0.3 is 0 Å². The fraction of sp³-hybridized carbons (Fsp3) is 0. The number of fused-ring (bicyclic) bond motifs is 1. The fourth-order valence-corrected chi connectivity index (χ4v) is 2.81. The largest absolute Gasteiger partial charge is 0.205 e. The molecule has 0 unspecified atom stereocenters. The predicted octanol–water partition coefficient (Wildman–Crippen LogP) is 3.78. The lowest BCUT2D eigenvalue weighted by Crippen LogP contribution is -1.73. The number of rotatable bonds is 0. The molecule has 0 bridgehead atoms. The van der Waals surface area contributed by atoms with Gasteiger partial charge in [-0.1, -0.05) is 12.1 Å². The Kier molecular flexibility index (Phi) is 2.04. The zero-order valence-corrected chi connectivity index (χ0v) is 8.75. The molecule has 0 aliphatic carbocycles. The highest BCUT2D eigenvalue weighted by atomic mass is 127. The molecule has 12 heavy (non-hydrogen) atoms. The van der Waals surface area contributed by atoms with Gasteiger partial charge >= 0.3 is 0 Å². The van der Waals surface area contributed by atoms with Gasteiger partial charge in [0.25, 0.3) is 0 Å². The second-order valence-electron chi connectivity index (χ2n) is 2.31. The zero-order chi connectivity index (χ0) is 8.72. The van der Waals surface area contributed by atoms with E-state index in [0.717, 1.165) is 11.3 Å². The van der Waals surface area contributed by atoms with E-state index in [1.807, 2.05) is 22.6 Å². The van der Waals surface area contributed by atoms with E-state index in [1.54, 1.807) is 12.1 Å². The van der Waals surface area contributed by atoms with Crippen LogP contribution in [0.15, 0.2) is 18.2 Å². The molecule has 1 heterocycles. The van der Waals surface area contributed by atoms with Gasteiger partial charge in [0.15, 0.2) is 5.13 Å². The van der Waals surface area contributed by atoms with Gasteiger partial charge in [-0.25, -0.2) is 4.39 Å². The first kappa shape index (κ1) is 8.37. The number of hydrogen-bond acceptors (Lipinski definition) is 1. The summed E-state index contributed by atoms with van der Waals surface area (Å²) in [6.45, 7) is 0. The molecule has 0 aliphatic heterocycles. The van der Waals surface area contributed by atoms with Gasteiger partial charge in [-0.2, -0.15) is 4.39 Å². The van der Waals surface area contributed by atoms with Crippen molar-refractivity contribution in [3.63, 3.8) is 0 Å². The van der Waals surface area contributed by atoms with Crippen molar-refractivity contribution in [2.75, 3.05) is 0 Å². The molecule has 0 atom stereocenters. The molecular formula is C8H3F2IS. The molecule has 1 aromatic carbocycles. The van der Waals surface area contributed by atoms with Gasteiger partial charge in [0.1, 0.15) is 5.82 Å². The quantitative estimate of drug-likeness (QED) is 0.649. The van der Waals surface area contributed by atoms with Crippen molar-refractivity contribution in [3.05, 3.63) is 32.7 Å². The van der Waals surface area contributed by atoms with Crippen LogP contribution in [0, 0.1) is 14.5 Å². The first-order valence-electron chi connectivity index (χ1n) is 3.22. The maximum atomic E-state index is 13.0. The smallest absolute Gasteiger partial charge is 0.191 e. The summed E-state index contributed by atoms with van der Waals surface area (Å²) in [6.07, 6.45) is 0. The number of halogens is 3. The Bertz CT molecular complexity index is 436. The average Bonchev–Trinajstić information content (AvgIpc) is 2.32. The lowest BCUT2D eigenvalue weighted by atomic mass is 10.2. The van der Waals surface area contributed by atoms with Crippen molar-refractivity contribution in [2.45, 2.75) is 0 Å². The van der Waals surface area contributed by atoms with E-state index in [1.165, 1.54) is 6.07 Å². The minimum atomic E-state index is -0.348. The van der Waals surface area contributed by atoms with Gasteiger partial charge in [0.2, 0.25) is 0 Å². The van der Waals surface area contributed by atoms with E-state index >= 15 is 0 Å². The summed E-state index contributed by atoms with van der Waals surface area (Å²) in [6, 6.07) is 4.65. The molecule has 4 heteroatoms. The third-order valence-corrected chi connectivity index (χ3v) is 3.99. The molecule has 0 radical (unpaired) electrons. The summed E-state index contributed by atoms with van der Waals surface area (Å²) in [5.74, 6) is -0.348. The number of benzene rings is 1. The van der Waals surface area contributed by atoms with Crippen LogP contribution in [-0.4, -0.2) is 0 Å². The zero-order valence-electron chi connectivity index (χ0n) is 5.77. The van der Waals surface area contributed by atoms with Gasteiger partial charge in [0.05, 0.1) is 8.27 Å². The van der Waals surface area contributed by atoms with E-state index in [2.05, 4.69) is 0 Å². The lowest BCUT2D eigenvalue weighted by Gasteiger charge is -1.89. The van der Waals surface area contributed by atoms with Crippen LogP contribution < -0.4 is 0 Å². The molecule has 2 aromatic rings. The van der Waals surface area contributed by atoms with E-state index in [-0.39, 0.29) is 10.9 Å². The Morgan fingerprint density at radius 1 is 1.25 bits per heavy atom. The van der Waals surface area contributed by atoms with Crippen LogP contribution in [-0.2, 0) is 0 Å². The third-order valence-electron chi connectivity index (χ3n) is 1.57. The Hall–Kier alpha value is -0.230. The maximum Gasteiger partial charge on any atom is 0.191 e. The van der Waals surface area contributed by atoms with Crippen molar-refractivity contribution >= 4 is 44.0 Å². The second-order valence-corrected chi connectivity index (χ2v) is 4.36. The van der Waals surface area contributed by atoms with Crippen LogP contribution in [0.5, 0.6) is 0 Å². The number of thiophene rings is 1. The van der Waals surface area contributed by atoms with Crippen LogP contribution >= 0.6 is 33.9 Å². The van der Waals surface area contributed by atoms with E-state index in [0.29, 0.717) is 13.7 Å². The monoisotopic (exact) mass is 296 g/mol. The van der Waals surface area contributed by atoms with Crippen molar-refractivity contribution in [1.29, 1.82) is 0 Å². The minimum absolute atomic E-state index is 0.310. The number of hydrogen-bond donors (Lipinski definition) is 0. The first-order chi connectivity index (χ1) is 5.70. The van der Waals surface area contributed by atoms with Gasteiger partial charge in [-0.3, -0.25) is 0 Å². The summed E-state index contributed by atoms with van der Waals surface area (Å²) < 4.78 is 26.9. The van der Waals surface area contributed by atoms with Crippen molar-refractivity contribution in [1.82, 2.24) is 0 Å². The fourth-order valence-electron chi connectivity index (χ4n) is 1.03. The molecule has 0 spiro atoms. The van der Waals surface area contributed by atoms with Gasteiger partial charge in [-0.15, -0.1) is 11.3 Å². The highest BCUT2D eigenvalue weighted by Gasteiger charge is 2.11. The predicted molar refractivity (Wildman–Crippen MR) is 54.5 cm³/mol. The molecule has 0 aliphatic rings. The molecule has 0 N–H and O–H groups in total. The Morgan fingerprint density at radius 2 is 2.00 bits per heavy atom. The van der Waals surface area contributed by atoms with Crippen LogP contribution in [0.25, 0.3) is 10.1 Å². The Balaban J connectivity index is 2.95. The molecule has 0 fully saturated rings. The van der Waals surface area contributed by atoms with Crippen LogP contribution in [0.4, 0.5) is 8.78 Å². The van der Waals surface area contributed by atoms with Crippen molar-refractivity contribution < 1.29 is 8.78 Å². The summed E-state index contributed by atoms with van der Waals surface area (Å²) in [7, 11) is 0. The highest BCUT2D eigenvalue weighted by molar-refractivity contribution is 14.1. The summed E-state index contributed by atoms with van der Waals surface area (Å²) >= 11 is 2.74. The van der Waals surface area contributed by atoms with Gasteiger partial charge in [-0.05, 0) is 28.7 Å². The molecule has 0 nitrogen and oxygen atoms in total. The minimum Gasteiger partial charge on any atom is -0.205 e. The molecule has 62 valence electrons. The normalized spacial score (nSPS) is 10.9. The van der Waals surface area contributed by atoms with Crippen LogP contribution in [0.1, 0.15) is 0 Å². The Morgan fingerprint density at radius 3 is 2.67 bits per heavy atom. The molecule has 2 rings (SSSR count). The van der Waals surface area contributed by atoms with E-state index in [9.17, 15) is 8.78 Å². The Labute approximate surface area is 85.3 Å². The highest BCUT2D eigenvalue weighted by Crippen LogP contribution is 2.32. The lowest BCUT2D eigenvalue weighted by molar-refractivity contribution is 0.641. The SMILES string of the molecule is Fc1sc2c(F)cccc2c1I. The van der Waals surface area contributed by atoms with Gasteiger partial charge in [0, 0.05) is 5.39 Å². The standard InChI is InChI=1S/C8H3F2IS/c9-5-3-1-2-4-6(11)8(10)12-7(4)5/h1-3H. The third kappa shape index (κ3) is 1.13. The van der Waals surface area contributed by atoms with E-state index in [4.69, 9.17) is 0 Å². The summed E-state index contributed by atoms with van der Waals surface area (Å²) in [5.41, 5.74) is 0. The maximum absolute atomic E-state index is 13.0. The molecule has 1 aromatic heterocycles. The molecule has 0 saturated heterocycles. The molecule has 0 amide bonds. The summed E-state index contributed by atoms with van der Waals surface area (Å²) in [4.78, 5) is 0.